The highest BCUT2D eigenvalue weighted by molar-refractivity contribution is 6.30. The van der Waals surface area contributed by atoms with Gasteiger partial charge in [-0.15, -0.1) is 0 Å². The fourth-order valence-electron chi connectivity index (χ4n) is 1.42. The first-order chi connectivity index (χ1) is 5.77. The summed E-state index contributed by atoms with van der Waals surface area (Å²) in [5, 5.41) is 3.90. The van der Waals surface area contributed by atoms with Gasteiger partial charge in [0.2, 0.25) is 0 Å². The number of hydrogen-bond acceptors (Lipinski definition) is 2. The van der Waals surface area contributed by atoms with Gasteiger partial charge in [0.25, 0.3) is 0 Å². The van der Waals surface area contributed by atoms with Crippen molar-refractivity contribution in [3.8, 4) is 0 Å². The summed E-state index contributed by atoms with van der Waals surface area (Å²) in [5.41, 5.74) is 1.16. The smallest absolute Gasteiger partial charge is 0.150 e. The molecule has 3 nitrogen and oxygen atoms in total. The zero-order valence-electron chi connectivity index (χ0n) is 7.05. The Kier molecular flexibility index (Phi) is 2.07. The lowest BCUT2D eigenvalue weighted by Crippen LogP contribution is -2.43. The predicted molar refractivity (Wildman–Crippen MR) is 48.3 cm³/mol. The summed E-state index contributed by atoms with van der Waals surface area (Å²) < 4.78 is 2.00. The van der Waals surface area contributed by atoms with Crippen LogP contribution in [0.15, 0.2) is 6.33 Å². The average Bonchev–Trinajstić information content (AvgIpc) is 2.25. The van der Waals surface area contributed by atoms with E-state index in [4.69, 9.17) is 11.6 Å². The molecule has 1 aromatic rings. The Morgan fingerprint density at radius 3 is 2.92 bits per heavy atom. The Hall–Kier alpha value is -0.540. The standard InChI is InChI=1S/C8H12ClN3/c1-12-5-11-8(9)7(12)2-6-3-10-4-6/h5-6,10H,2-4H2,1H3. The van der Waals surface area contributed by atoms with E-state index in [-0.39, 0.29) is 0 Å². The molecule has 2 rings (SSSR count). The Balaban J connectivity index is 2.10. The highest BCUT2D eigenvalue weighted by Gasteiger charge is 2.20. The minimum Gasteiger partial charge on any atom is -0.336 e. The molecule has 1 saturated heterocycles. The molecule has 1 fully saturated rings. The van der Waals surface area contributed by atoms with E-state index in [1.165, 1.54) is 0 Å². The number of nitrogens with one attached hydrogen (secondary N) is 1. The van der Waals surface area contributed by atoms with Crippen molar-refractivity contribution in [3.63, 3.8) is 0 Å². The van der Waals surface area contributed by atoms with E-state index < -0.39 is 0 Å². The summed E-state index contributed by atoms with van der Waals surface area (Å²) in [5.74, 6) is 0.748. The first kappa shape index (κ1) is 8.08. The Labute approximate surface area is 76.7 Å². The van der Waals surface area contributed by atoms with Crippen LogP contribution in [0.1, 0.15) is 5.69 Å². The normalized spacial score (nSPS) is 17.8. The molecule has 1 N–H and O–H groups in total. The number of aromatic nitrogens is 2. The highest BCUT2D eigenvalue weighted by Crippen LogP contribution is 2.18. The second-order valence-electron chi connectivity index (χ2n) is 3.32. The average molecular weight is 186 g/mol. The monoisotopic (exact) mass is 185 g/mol. The van der Waals surface area contributed by atoms with Crippen molar-refractivity contribution in [3.05, 3.63) is 17.2 Å². The van der Waals surface area contributed by atoms with E-state index in [2.05, 4.69) is 10.3 Å². The quantitative estimate of drug-likeness (QED) is 0.740. The van der Waals surface area contributed by atoms with Crippen LogP contribution in [0.25, 0.3) is 0 Å². The van der Waals surface area contributed by atoms with Crippen LogP contribution in [-0.2, 0) is 13.5 Å². The fourth-order valence-corrected chi connectivity index (χ4v) is 1.68. The second-order valence-corrected chi connectivity index (χ2v) is 3.68. The molecule has 1 aliphatic heterocycles. The van der Waals surface area contributed by atoms with Gasteiger partial charge in [0.05, 0.1) is 12.0 Å². The second kappa shape index (κ2) is 3.07. The number of rotatable bonds is 2. The van der Waals surface area contributed by atoms with Crippen LogP contribution in [-0.4, -0.2) is 22.6 Å². The first-order valence-electron chi connectivity index (χ1n) is 4.14. The molecule has 0 unspecified atom stereocenters. The van der Waals surface area contributed by atoms with Gasteiger partial charge in [0.1, 0.15) is 5.15 Å². The van der Waals surface area contributed by atoms with Gasteiger partial charge >= 0.3 is 0 Å². The third kappa shape index (κ3) is 1.34. The zero-order valence-corrected chi connectivity index (χ0v) is 7.80. The molecule has 0 spiro atoms. The Morgan fingerprint density at radius 2 is 2.50 bits per heavy atom. The molecule has 0 aromatic carbocycles. The van der Waals surface area contributed by atoms with Crippen molar-refractivity contribution >= 4 is 11.6 Å². The third-order valence-electron chi connectivity index (χ3n) is 2.36. The maximum absolute atomic E-state index is 5.92. The lowest BCUT2D eigenvalue weighted by molar-refractivity contribution is 0.341. The van der Waals surface area contributed by atoms with E-state index >= 15 is 0 Å². The topological polar surface area (TPSA) is 29.9 Å². The minimum atomic E-state index is 0.657. The van der Waals surface area contributed by atoms with Gasteiger partial charge in [-0.2, -0.15) is 0 Å². The lowest BCUT2D eigenvalue weighted by atomic mass is 9.98. The van der Waals surface area contributed by atoms with Crippen molar-refractivity contribution < 1.29 is 0 Å². The van der Waals surface area contributed by atoms with Gasteiger partial charge in [-0.25, -0.2) is 4.98 Å². The van der Waals surface area contributed by atoms with Crippen molar-refractivity contribution in [1.29, 1.82) is 0 Å². The molecule has 12 heavy (non-hydrogen) atoms. The number of hydrogen-bond donors (Lipinski definition) is 1. The van der Waals surface area contributed by atoms with Gasteiger partial charge in [-0.05, 0) is 25.4 Å². The number of aryl methyl sites for hydroxylation is 1. The van der Waals surface area contributed by atoms with Crippen molar-refractivity contribution in [2.45, 2.75) is 6.42 Å². The van der Waals surface area contributed by atoms with Crippen LogP contribution in [0.5, 0.6) is 0 Å². The number of nitrogens with zero attached hydrogens (tertiary/aromatic N) is 2. The third-order valence-corrected chi connectivity index (χ3v) is 2.67. The number of halogens is 1. The van der Waals surface area contributed by atoms with Crippen molar-refractivity contribution in [2.75, 3.05) is 13.1 Å². The molecule has 1 aromatic heterocycles. The van der Waals surface area contributed by atoms with E-state index in [0.717, 1.165) is 31.1 Å². The molecule has 2 heterocycles. The molecule has 4 heteroatoms. The lowest BCUT2D eigenvalue weighted by Gasteiger charge is -2.26. The maximum Gasteiger partial charge on any atom is 0.150 e. The van der Waals surface area contributed by atoms with Crippen LogP contribution >= 0.6 is 11.6 Å². The first-order valence-corrected chi connectivity index (χ1v) is 4.51. The van der Waals surface area contributed by atoms with Gasteiger partial charge < -0.3 is 9.88 Å². The van der Waals surface area contributed by atoms with Gasteiger partial charge in [-0.1, -0.05) is 11.6 Å². The summed E-state index contributed by atoms with van der Waals surface area (Å²) in [6, 6.07) is 0. The summed E-state index contributed by atoms with van der Waals surface area (Å²) in [4.78, 5) is 4.04. The van der Waals surface area contributed by atoms with Crippen molar-refractivity contribution in [1.82, 2.24) is 14.9 Å². The summed E-state index contributed by atoms with van der Waals surface area (Å²) in [7, 11) is 1.99. The van der Waals surface area contributed by atoms with Crippen LogP contribution in [0.4, 0.5) is 0 Å². The Morgan fingerprint density at radius 1 is 1.75 bits per heavy atom. The van der Waals surface area contributed by atoms with Crippen LogP contribution in [0, 0.1) is 5.92 Å². The zero-order chi connectivity index (χ0) is 8.55. The molecule has 0 saturated carbocycles. The maximum atomic E-state index is 5.92. The molecule has 66 valence electrons. The molecule has 0 radical (unpaired) electrons. The molecule has 1 aliphatic rings. The van der Waals surface area contributed by atoms with E-state index in [1.54, 1.807) is 6.33 Å². The molecular formula is C8H12ClN3. The summed E-state index contributed by atoms with van der Waals surface area (Å²) in [6.07, 6.45) is 2.81. The van der Waals surface area contributed by atoms with Gasteiger partial charge in [0.15, 0.2) is 0 Å². The molecule has 0 atom stereocenters. The van der Waals surface area contributed by atoms with E-state index in [9.17, 15) is 0 Å². The Bertz CT molecular complexity index is 258. The van der Waals surface area contributed by atoms with Gasteiger partial charge in [-0.3, -0.25) is 0 Å². The largest absolute Gasteiger partial charge is 0.336 e. The van der Waals surface area contributed by atoms with Crippen molar-refractivity contribution in [2.24, 2.45) is 13.0 Å². The summed E-state index contributed by atoms with van der Waals surface area (Å²) in [6.45, 7) is 2.23. The van der Waals surface area contributed by atoms with E-state index in [0.29, 0.717) is 5.15 Å². The molecule has 0 aliphatic carbocycles. The predicted octanol–water partition coefficient (Wildman–Crippen LogP) is 0.835. The highest BCUT2D eigenvalue weighted by atomic mass is 35.5. The molecule has 0 amide bonds. The molecular weight excluding hydrogens is 174 g/mol. The minimum absolute atomic E-state index is 0.657. The van der Waals surface area contributed by atoms with Crippen LogP contribution in [0.2, 0.25) is 5.15 Å². The van der Waals surface area contributed by atoms with E-state index in [1.807, 2.05) is 11.6 Å². The molecule has 0 bridgehead atoms. The number of imidazole rings is 1. The van der Waals surface area contributed by atoms with Gasteiger partial charge in [0, 0.05) is 7.05 Å². The van der Waals surface area contributed by atoms with Crippen LogP contribution < -0.4 is 5.32 Å². The SMILES string of the molecule is Cn1cnc(Cl)c1CC1CNC1. The van der Waals surface area contributed by atoms with Crippen LogP contribution in [0.3, 0.4) is 0 Å². The fraction of sp³-hybridized carbons (Fsp3) is 0.625. The summed E-state index contributed by atoms with van der Waals surface area (Å²) >= 11 is 5.92.